The van der Waals surface area contributed by atoms with E-state index in [1.807, 2.05) is 26.0 Å². The first-order valence-corrected chi connectivity index (χ1v) is 9.30. The van der Waals surface area contributed by atoms with E-state index in [4.69, 9.17) is 0 Å². The zero-order valence-corrected chi connectivity index (χ0v) is 14.9. The molecule has 0 radical (unpaired) electrons. The molecule has 0 fully saturated rings. The molecule has 0 spiro atoms. The van der Waals surface area contributed by atoms with Crippen molar-refractivity contribution in [1.82, 2.24) is 4.90 Å². The van der Waals surface area contributed by atoms with Crippen molar-refractivity contribution in [2.24, 2.45) is 0 Å². The molecule has 1 aromatic carbocycles. The molecule has 0 saturated carbocycles. The number of likely N-dealkylation sites (N-methyl/N-ethyl adjacent to an activating group) is 1. The Labute approximate surface area is 134 Å². The fourth-order valence-electron chi connectivity index (χ4n) is 2.13. The summed E-state index contributed by atoms with van der Waals surface area (Å²) >= 11 is 0. The third kappa shape index (κ3) is 5.02. The SMILES string of the molecule is CCCCN(C)C(=O)CN(c1cc(C)ccc1C)S(C)(=O)=O. The molecule has 22 heavy (non-hydrogen) atoms. The number of aryl methyl sites for hydroxylation is 2. The van der Waals surface area contributed by atoms with E-state index in [9.17, 15) is 13.2 Å². The van der Waals surface area contributed by atoms with Crippen molar-refractivity contribution >= 4 is 21.6 Å². The molecule has 0 unspecified atom stereocenters. The number of sulfonamides is 1. The molecule has 0 saturated heterocycles. The predicted octanol–water partition coefficient (Wildman–Crippen LogP) is 2.33. The van der Waals surface area contributed by atoms with Gasteiger partial charge in [-0.05, 0) is 37.5 Å². The zero-order chi connectivity index (χ0) is 16.9. The van der Waals surface area contributed by atoms with E-state index in [1.54, 1.807) is 18.0 Å². The van der Waals surface area contributed by atoms with Crippen molar-refractivity contribution in [3.05, 3.63) is 29.3 Å². The maximum Gasteiger partial charge on any atom is 0.243 e. The molecule has 0 bridgehead atoms. The second kappa shape index (κ2) is 7.63. The van der Waals surface area contributed by atoms with Gasteiger partial charge >= 0.3 is 0 Å². The van der Waals surface area contributed by atoms with Crippen LogP contribution in [0.2, 0.25) is 0 Å². The number of carbonyl (C=O) groups is 1. The monoisotopic (exact) mass is 326 g/mol. The van der Waals surface area contributed by atoms with Crippen molar-refractivity contribution in [3.8, 4) is 0 Å². The van der Waals surface area contributed by atoms with Crippen molar-refractivity contribution in [1.29, 1.82) is 0 Å². The minimum atomic E-state index is -3.52. The predicted molar refractivity (Wildman–Crippen MR) is 90.7 cm³/mol. The van der Waals surface area contributed by atoms with Gasteiger partial charge in [0.25, 0.3) is 0 Å². The summed E-state index contributed by atoms with van der Waals surface area (Å²) < 4.78 is 25.4. The molecule has 0 N–H and O–H groups in total. The molecule has 1 rings (SSSR count). The van der Waals surface area contributed by atoms with Gasteiger partial charge < -0.3 is 4.90 Å². The third-order valence-electron chi connectivity index (χ3n) is 3.59. The third-order valence-corrected chi connectivity index (χ3v) is 4.71. The Bertz CT molecular complexity index is 626. The molecule has 0 aromatic heterocycles. The van der Waals surface area contributed by atoms with Gasteiger partial charge in [-0.1, -0.05) is 25.5 Å². The first-order chi connectivity index (χ1) is 10.2. The maximum atomic E-state index is 12.3. The Morgan fingerprint density at radius 1 is 1.23 bits per heavy atom. The number of benzene rings is 1. The number of nitrogens with zero attached hydrogens (tertiary/aromatic N) is 2. The Hall–Kier alpha value is -1.56. The van der Waals surface area contributed by atoms with Crippen LogP contribution in [0.4, 0.5) is 5.69 Å². The molecule has 6 heteroatoms. The lowest BCUT2D eigenvalue weighted by Gasteiger charge is -2.26. The summed E-state index contributed by atoms with van der Waals surface area (Å²) in [6.45, 7) is 6.27. The number of carbonyl (C=O) groups excluding carboxylic acids is 1. The Balaban J connectivity index is 3.06. The van der Waals surface area contributed by atoms with Crippen LogP contribution in [0.3, 0.4) is 0 Å². The number of anilines is 1. The summed E-state index contributed by atoms with van der Waals surface area (Å²) in [6, 6.07) is 5.60. The van der Waals surface area contributed by atoms with Crippen molar-refractivity contribution in [3.63, 3.8) is 0 Å². The summed E-state index contributed by atoms with van der Waals surface area (Å²) in [4.78, 5) is 13.9. The first-order valence-electron chi connectivity index (χ1n) is 7.45. The number of rotatable bonds is 7. The van der Waals surface area contributed by atoms with Gasteiger partial charge in [0.2, 0.25) is 15.9 Å². The molecule has 1 amide bonds. The van der Waals surface area contributed by atoms with E-state index >= 15 is 0 Å². The van der Waals surface area contributed by atoms with E-state index in [-0.39, 0.29) is 12.5 Å². The van der Waals surface area contributed by atoms with Crippen molar-refractivity contribution in [2.75, 3.05) is 30.7 Å². The highest BCUT2D eigenvalue weighted by molar-refractivity contribution is 7.92. The number of amides is 1. The smallest absolute Gasteiger partial charge is 0.243 e. The molecular formula is C16H26N2O3S. The summed E-state index contributed by atoms with van der Waals surface area (Å²) in [5.74, 6) is -0.195. The largest absolute Gasteiger partial charge is 0.344 e. The minimum absolute atomic E-state index is 0.163. The van der Waals surface area contributed by atoms with E-state index in [0.717, 1.165) is 30.2 Å². The quantitative estimate of drug-likeness (QED) is 0.773. The van der Waals surface area contributed by atoms with Crippen LogP contribution in [0.1, 0.15) is 30.9 Å². The van der Waals surface area contributed by atoms with Crippen molar-refractivity contribution in [2.45, 2.75) is 33.6 Å². The van der Waals surface area contributed by atoms with Gasteiger partial charge in [-0.15, -0.1) is 0 Å². The fraction of sp³-hybridized carbons (Fsp3) is 0.562. The molecule has 5 nitrogen and oxygen atoms in total. The summed E-state index contributed by atoms with van der Waals surface area (Å²) in [5.41, 5.74) is 2.36. The second-order valence-corrected chi connectivity index (χ2v) is 7.64. The van der Waals surface area contributed by atoms with Crippen molar-refractivity contribution < 1.29 is 13.2 Å². The molecule has 0 heterocycles. The van der Waals surface area contributed by atoms with Crippen LogP contribution in [0, 0.1) is 13.8 Å². The van der Waals surface area contributed by atoms with Gasteiger partial charge in [-0.2, -0.15) is 0 Å². The van der Waals surface area contributed by atoms with Crippen LogP contribution in [0.5, 0.6) is 0 Å². The normalized spacial score (nSPS) is 11.3. The van der Waals surface area contributed by atoms with Crippen LogP contribution >= 0.6 is 0 Å². The number of hydrogen-bond donors (Lipinski definition) is 0. The average Bonchev–Trinajstić information content (AvgIpc) is 2.43. The van der Waals surface area contributed by atoms with Gasteiger partial charge in [0.1, 0.15) is 6.54 Å². The summed E-state index contributed by atoms with van der Waals surface area (Å²) in [6.07, 6.45) is 3.03. The van der Waals surface area contributed by atoms with E-state index in [2.05, 4.69) is 6.92 Å². The van der Waals surface area contributed by atoms with Gasteiger partial charge in [-0.3, -0.25) is 9.10 Å². The van der Waals surface area contributed by atoms with Crippen LogP contribution in [0.25, 0.3) is 0 Å². The maximum absolute atomic E-state index is 12.3. The highest BCUT2D eigenvalue weighted by atomic mass is 32.2. The topological polar surface area (TPSA) is 57.7 Å². The lowest BCUT2D eigenvalue weighted by molar-refractivity contribution is -0.128. The van der Waals surface area contributed by atoms with E-state index < -0.39 is 10.0 Å². The van der Waals surface area contributed by atoms with Gasteiger partial charge in [0.15, 0.2) is 0 Å². The van der Waals surface area contributed by atoms with Crippen LogP contribution in [0.15, 0.2) is 18.2 Å². The molecular weight excluding hydrogens is 300 g/mol. The van der Waals surface area contributed by atoms with Crippen LogP contribution < -0.4 is 4.31 Å². The van der Waals surface area contributed by atoms with Crippen LogP contribution in [-0.2, 0) is 14.8 Å². The fourth-order valence-corrected chi connectivity index (χ4v) is 3.03. The van der Waals surface area contributed by atoms with E-state index in [1.165, 1.54) is 4.31 Å². The molecule has 1 aromatic rings. The summed E-state index contributed by atoms with van der Waals surface area (Å²) in [7, 11) is -1.81. The summed E-state index contributed by atoms with van der Waals surface area (Å²) in [5, 5.41) is 0. The highest BCUT2D eigenvalue weighted by Crippen LogP contribution is 2.23. The Morgan fingerprint density at radius 3 is 2.41 bits per heavy atom. The zero-order valence-electron chi connectivity index (χ0n) is 14.1. The van der Waals surface area contributed by atoms with Gasteiger partial charge in [-0.25, -0.2) is 8.42 Å². The molecule has 0 atom stereocenters. The van der Waals surface area contributed by atoms with E-state index in [0.29, 0.717) is 12.2 Å². The molecule has 0 aliphatic carbocycles. The first kappa shape index (κ1) is 18.5. The van der Waals surface area contributed by atoms with Gasteiger partial charge in [0, 0.05) is 13.6 Å². The number of hydrogen-bond acceptors (Lipinski definition) is 3. The lowest BCUT2D eigenvalue weighted by Crippen LogP contribution is -2.41. The molecule has 0 aliphatic rings. The average molecular weight is 326 g/mol. The number of unbranched alkanes of at least 4 members (excludes halogenated alkanes) is 1. The Morgan fingerprint density at radius 2 is 1.86 bits per heavy atom. The second-order valence-electron chi connectivity index (χ2n) is 5.73. The Kier molecular flexibility index (Phi) is 6.41. The standard InChI is InChI=1S/C16H26N2O3S/c1-6-7-10-17(4)16(19)12-18(22(5,20)21)15-11-13(2)8-9-14(15)3/h8-9,11H,6-7,10,12H2,1-5H3. The molecule has 0 aliphatic heterocycles. The van der Waals surface area contributed by atoms with Gasteiger partial charge in [0.05, 0.1) is 11.9 Å². The highest BCUT2D eigenvalue weighted by Gasteiger charge is 2.23. The van der Waals surface area contributed by atoms with Crippen LogP contribution in [-0.4, -0.2) is 45.6 Å². The molecule has 124 valence electrons. The lowest BCUT2D eigenvalue weighted by atomic mass is 10.1. The minimum Gasteiger partial charge on any atom is -0.344 e.